The number of hydrogen-bond donors (Lipinski definition) is 2. The monoisotopic (exact) mass is 305 g/mol. The van der Waals surface area contributed by atoms with E-state index < -0.39 is 47.2 Å². The Hall–Kier alpha value is -2.16. The lowest BCUT2D eigenvalue weighted by Crippen LogP contribution is -2.45. The minimum atomic E-state index is -3.23. The Morgan fingerprint density at radius 1 is 1.38 bits per heavy atom. The van der Waals surface area contributed by atoms with E-state index in [0.717, 1.165) is 6.07 Å². The number of carbonyl (C=O) groups is 1. The number of aliphatic imine (C=N–C) groups is 1. The van der Waals surface area contributed by atoms with E-state index in [2.05, 4.69) is 4.99 Å². The second kappa shape index (κ2) is 5.32. The third kappa shape index (κ3) is 2.56. The second-order valence-corrected chi connectivity index (χ2v) is 4.50. The van der Waals surface area contributed by atoms with Crippen LogP contribution in [0.4, 0.5) is 17.6 Å². The van der Waals surface area contributed by atoms with Gasteiger partial charge in [-0.05, 0) is 12.1 Å². The normalized spacial score (nSPS) is 22.2. The zero-order valence-corrected chi connectivity index (χ0v) is 10.6. The highest BCUT2D eigenvalue weighted by atomic mass is 19.3. The molecule has 0 unspecified atom stereocenters. The van der Waals surface area contributed by atoms with Gasteiger partial charge < -0.3 is 16.2 Å². The highest BCUT2D eigenvalue weighted by molar-refractivity contribution is 5.93. The Morgan fingerprint density at radius 3 is 2.57 bits per heavy atom. The standard InChI is InChI=1S/C12H11F4N3O2/c13-7-2-5(10(18)20)1-6(9(7)14)12(11(15)16)4-21-3-8(17)19-12/h1-2,11H,3-4H2,(H2,17,19)(H2,18,20)/t12-/m0/s1. The first kappa shape index (κ1) is 15.2. The Balaban J connectivity index is 2.72. The van der Waals surface area contributed by atoms with E-state index in [4.69, 9.17) is 16.2 Å². The van der Waals surface area contributed by atoms with Crippen molar-refractivity contribution < 1.29 is 27.1 Å². The number of nitrogens with two attached hydrogens (primary N) is 2. The first-order chi connectivity index (χ1) is 9.78. The lowest BCUT2D eigenvalue weighted by molar-refractivity contribution is -0.0149. The van der Waals surface area contributed by atoms with Gasteiger partial charge in [-0.3, -0.25) is 9.79 Å². The van der Waals surface area contributed by atoms with Gasteiger partial charge in [0.05, 0.1) is 6.61 Å². The Morgan fingerprint density at radius 2 is 2.05 bits per heavy atom. The van der Waals surface area contributed by atoms with Gasteiger partial charge in [-0.15, -0.1) is 0 Å². The number of nitrogens with zero attached hydrogens (tertiary/aromatic N) is 1. The van der Waals surface area contributed by atoms with Gasteiger partial charge in [-0.1, -0.05) is 0 Å². The van der Waals surface area contributed by atoms with Crippen molar-refractivity contribution in [3.8, 4) is 0 Å². The summed E-state index contributed by atoms with van der Waals surface area (Å²) in [6, 6.07) is 1.26. The quantitative estimate of drug-likeness (QED) is 0.813. The molecule has 0 spiro atoms. The van der Waals surface area contributed by atoms with Gasteiger partial charge in [-0.2, -0.15) is 0 Å². The second-order valence-electron chi connectivity index (χ2n) is 4.50. The number of ether oxygens (including phenoxy) is 1. The van der Waals surface area contributed by atoms with Crippen molar-refractivity contribution in [3.63, 3.8) is 0 Å². The summed E-state index contributed by atoms with van der Waals surface area (Å²) in [5.41, 5.74) is 6.53. The Kier molecular flexibility index (Phi) is 3.86. The molecule has 114 valence electrons. The molecule has 21 heavy (non-hydrogen) atoms. The summed E-state index contributed by atoms with van der Waals surface area (Å²) in [4.78, 5) is 14.6. The molecule has 0 radical (unpaired) electrons. The van der Waals surface area contributed by atoms with E-state index >= 15 is 0 Å². The third-order valence-electron chi connectivity index (χ3n) is 3.06. The minimum Gasteiger partial charge on any atom is -0.385 e. The number of benzene rings is 1. The zero-order valence-electron chi connectivity index (χ0n) is 10.6. The molecule has 0 fully saturated rings. The number of amidine groups is 1. The summed E-state index contributed by atoms with van der Waals surface area (Å²) in [5.74, 6) is -4.41. The number of amides is 1. The third-order valence-corrected chi connectivity index (χ3v) is 3.06. The summed E-state index contributed by atoms with van der Waals surface area (Å²) in [7, 11) is 0. The average molecular weight is 305 g/mol. The zero-order chi connectivity index (χ0) is 15.8. The summed E-state index contributed by atoms with van der Waals surface area (Å²) >= 11 is 0. The minimum absolute atomic E-state index is 0.200. The maximum atomic E-state index is 13.9. The molecular weight excluding hydrogens is 294 g/mol. The van der Waals surface area contributed by atoms with Crippen LogP contribution in [0.1, 0.15) is 15.9 Å². The van der Waals surface area contributed by atoms with Crippen molar-refractivity contribution in [2.75, 3.05) is 13.2 Å². The molecule has 1 heterocycles. The first-order valence-corrected chi connectivity index (χ1v) is 5.77. The Bertz CT molecular complexity index is 621. The maximum absolute atomic E-state index is 13.9. The number of hydrogen-bond acceptors (Lipinski definition) is 4. The molecule has 1 amide bonds. The molecule has 1 aliphatic rings. The fourth-order valence-electron chi connectivity index (χ4n) is 2.05. The predicted octanol–water partition coefficient (Wildman–Crippen LogP) is 0.912. The molecule has 1 aliphatic heterocycles. The van der Waals surface area contributed by atoms with Crippen LogP contribution in [0.5, 0.6) is 0 Å². The highest BCUT2D eigenvalue weighted by Gasteiger charge is 2.47. The van der Waals surface area contributed by atoms with Crippen LogP contribution < -0.4 is 11.5 Å². The van der Waals surface area contributed by atoms with Crippen LogP contribution in [-0.4, -0.2) is 31.4 Å². The van der Waals surface area contributed by atoms with Gasteiger partial charge >= 0.3 is 0 Å². The smallest absolute Gasteiger partial charge is 0.269 e. The summed E-state index contributed by atoms with van der Waals surface area (Å²) in [5, 5.41) is 0. The fourth-order valence-corrected chi connectivity index (χ4v) is 2.05. The molecule has 1 atom stereocenters. The Labute approximate surface area is 116 Å². The number of halogens is 4. The molecule has 4 N–H and O–H groups in total. The topological polar surface area (TPSA) is 90.7 Å². The predicted molar refractivity (Wildman–Crippen MR) is 65.0 cm³/mol. The molecule has 1 aromatic carbocycles. The largest absolute Gasteiger partial charge is 0.385 e. The number of alkyl halides is 2. The van der Waals surface area contributed by atoms with E-state index in [9.17, 15) is 22.4 Å². The van der Waals surface area contributed by atoms with Crippen LogP contribution in [0.3, 0.4) is 0 Å². The number of primary amides is 1. The van der Waals surface area contributed by atoms with Crippen molar-refractivity contribution in [3.05, 3.63) is 34.9 Å². The first-order valence-electron chi connectivity index (χ1n) is 5.77. The molecular formula is C12H11F4N3O2. The van der Waals surface area contributed by atoms with E-state index in [1.54, 1.807) is 0 Å². The van der Waals surface area contributed by atoms with Crippen molar-refractivity contribution in [2.24, 2.45) is 16.5 Å². The molecule has 0 saturated carbocycles. The lowest BCUT2D eigenvalue weighted by atomic mass is 9.88. The summed E-state index contributed by atoms with van der Waals surface area (Å²) in [6.07, 6.45) is -3.23. The molecule has 1 aromatic rings. The van der Waals surface area contributed by atoms with Crippen LogP contribution in [0, 0.1) is 11.6 Å². The molecule has 2 rings (SSSR count). The van der Waals surface area contributed by atoms with Crippen molar-refractivity contribution in [1.82, 2.24) is 0 Å². The molecule has 9 heteroatoms. The average Bonchev–Trinajstić information content (AvgIpc) is 2.41. The summed E-state index contributed by atoms with van der Waals surface area (Å²) in [6.45, 7) is -0.905. The number of rotatable bonds is 3. The molecule has 0 aliphatic carbocycles. The highest BCUT2D eigenvalue weighted by Crippen LogP contribution is 2.37. The molecule has 0 aromatic heterocycles. The van der Waals surface area contributed by atoms with Crippen LogP contribution >= 0.6 is 0 Å². The maximum Gasteiger partial charge on any atom is 0.269 e. The lowest BCUT2D eigenvalue weighted by Gasteiger charge is -2.33. The van der Waals surface area contributed by atoms with Gasteiger partial charge in [0, 0.05) is 11.1 Å². The van der Waals surface area contributed by atoms with Crippen molar-refractivity contribution >= 4 is 11.7 Å². The van der Waals surface area contributed by atoms with Crippen molar-refractivity contribution in [1.29, 1.82) is 0 Å². The van der Waals surface area contributed by atoms with E-state index in [0.29, 0.717) is 6.07 Å². The molecule has 0 saturated heterocycles. The van der Waals surface area contributed by atoms with Gasteiger partial charge in [0.15, 0.2) is 17.2 Å². The van der Waals surface area contributed by atoms with E-state index in [1.165, 1.54) is 0 Å². The van der Waals surface area contributed by atoms with Crippen LogP contribution in [0.2, 0.25) is 0 Å². The number of carbonyl (C=O) groups excluding carboxylic acids is 1. The summed E-state index contributed by atoms with van der Waals surface area (Å²) < 4.78 is 59.2. The van der Waals surface area contributed by atoms with Crippen LogP contribution in [0.15, 0.2) is 17.1 Å². The van der Waals surface area contributed by atoms with Gasteiger partial charge in [0.1, 0.15) is 12.4 Å². The van der Waals surface area contributed by atoms with Gasteiger partial charge in [0.25, 0.3) is 6.43 Å². The van der Waals surface area contributed by atoms with Gasteiger partial charge in [-0.25, -0.2) is 17.6 Å². The van der Waals surface area contributed by atoms with Crippen LogP contribution in [-0.2, 0) is 10.3 Å². The molecule has 0 bridgehead atoms. The SMILES string of the molecule is NC(=O)c1cc(F)c(F)c([C@]2(C(F)F)COCC(N)=N2)c1. The van der Waals surface area contributed by atoms with E-state index in [-0.39, 0.29) is 12.4 Å². The fraction of sp³-hybridized carbons (Fsp3) is 0.333. The molecule has 5 nitrogen and oxygen atoms in total. The van der Waals surface area contributed by atoms with Gasteiger partial charge in [0.2, 0.25) is 5.91 Å². The van der Waals surface area contributed by atoms with Crippen LogP contribution in [0.25, 0.3) is 0 Å². The van der Waals surface area contributed by atoms with Crippen molar-refractivity contribution in [2.45, 2.75) is 12.0 Å². The van der Waals surface area contributed by atoms with E-state index in [1.807, 2.05) is 0 Å².